The third-order valence-corrected chi connectivity index (χ3v) is 4.40. The Bertz CT molecular complexity index is 485. The fraction of sp³-hybridized carbons (Fsp3) is 0.500. The van der Waals surface area contributed by atoms with Crippen LogP contribution in [0.5, 0.6) is 0 Å². The molecule has 0 heterocycles. The molecule has 2 N–H and O–H groups in total. The van der Waals surface area contributed by atoms with Crippen LogP contribution in [-0.2, 0) is 10.0 Å². The van der Waals surface area contributed by atoms with Crippen molar-refractivity contribution in [2.45, 2.75) is 38.6 Å². The minimum Gasteiger partial charge on any atom is -0.395 e. The van der Waals surface area contributed by atoms with Crippen molar-refractivity contribution in [3.8, 4) is 0 Å². The van der Waals surface area contributed by atoms with Crippen LogP contribution >= 0.6 is 0 Å². The highest BCUT2D eigenvalue weighted by molar-refractivity contribution is 7.89. The largest absolute Gasteiger partial charge is 0.395 e. The molecule has 96 valence electrons. The molecule has 0 saturated carbocycles. The minimum absolute atomic E-state index is 0.219. The molecule has 0 saturated heterocycles. The molecule has 5 heteroatoms. The Hall–Kier alpha value is -0.910. The summed E-state index contributed by atoms with van der Waals surface area (Å²) >= 11 is 0. The number of nitrogens with one attached hydrogen (secondary N) is 1. The van der Waals surface area contributed by atoms with Crippen molar-refractivity contribution in [2.24, 2.45) is 0 Å². The summed E-state index contributed by atoms with van der Waals surface area (Å²) in [6.07, 6.45) is 0. The normalized spacial score (nSPS) is 13.7. The summed E-state index contributed by atoms with van der Waals surface area (Å²) in [5, 5.41) is 8.90. The smallest absolute Gasteiger partial charge is 0.241 e. The van der Waals surface area contributed by atoms with Crippen molar-refractivity contribution in [2.75, 3.05) is 6.61 Å². The topological polar surface area (TPSA) is 66.4 Å². The maximum absolute atomic E-state index is 12.1. The molecular weight excluding hydrogens is 238 g/mol. The molecule has 0 bridgehead atoms. The van der Waals surface area contributed by atoms with E-state index in [2.05, 4.69) is 4.72 Å². The van der Waals surface area contributed by atoms with Gasteiger partial charge in [-0.15, -0.1) is 0 Å². The summed E-state index contributed by atoms with van der Waals surface area (Å²) < 4.78 is 26.7. The molecule has 0 aliphatic heterocycles. The van der Waals surface area contributed by atoms with Crippen molar-refractivity contribution in [3.63, 3.8) is 0 Å². The number of sulfonamides is 1. The Kier molecular flexibility index (Phi) is 4.30. The Morgan fingerprint density at radius 2 is 1.71 bits per heavy atom. The zero-order chi connectivity index (χ0) is 13.2. The number of aliphatic hydroxyl groups is 1. The molecule has 1 aromatic carbocycles. The van der Waals surface area contributed by atoms with Gasteiger partial charge in [0.2, 0.25) is 10.0 Å². The van der Waals surface area contributed by atoms with E-state index in [-0.39, 0.29) is 6.61 Å². The summed E-state index contributed by atoms with van der Waals surface area (Å²) in [5.41, 5.74) is 2.48. The molecule has 1 atom stereocenters. The molecule has 4 nitrogen and oxygen atoms in total. The number of hydrogen-bond acceptors (Lipinski definition) is 3. The summed E-state index contributed by atoms with van der Waals surface area (Å²) in [6, 6.07) is 3.19. The van der Waals surface area contributed by atoms with Gasteiger partial charge in [-0.1, -0.05) is 17.7 Å². The van der Waals surface area contributed by atoms with E-state index >= 15 is 0 Å². The van der Waals surface area contributed by atoms with Crippen LogP contribution in [-0.4, -0.2) is 26.2 Å². The molecule has 0 radical (unpaired) electrons. The maximum atomic E-state index is 12.1. The first kappa shape index (κ1) is 14.2. The zero-order valence-electron chi connectivity index (χ0n) is 10.6. The van der Waals surface area contributed by atoms with Gasteiger partial charge >= 0.3 is 0 Å². The number of benzene rings is 1. The maximum Gasteiger partial charge on any atom is 0.241 e. The fourth-order valence-corrected chi connectivity index (χ4v) is 3.64. The lowest BCUT2D eigenvalue weighted by Crippen LogP contribution is -2.35. The van der Waals surface area contributed by atoms with Gasteiger partial charge in [-0.05, 0) is 38.8 Å². The van der Waals surface area contributed by atoms with E-state index in [4.69, 9.17) is 5.11 Å². The molecule has 0 fully saturated rings. The monoisotopic (exact) mass is 257 g/mol. The van der Waals surface area contributed by atoms with Gasteiger partial charge < -0.3 is 5.11 Å². The lowest BCUT2D eigenvalue weighted by Gasteiger charge is -2.15. The Balaban J connectivity index is 3.25. The van der Waals surface area contributed by atoms with Gasteiger partial charge in [-0.2, -0.15) is 0 Å². The first-order valence-corrected chi connectivity index (χ1v) is 6.97. The molecule has 1 aromatic rings. The highest BCUT2D eigenvalue weighted by Crippen LogP contribution is 2.21. The number of aliphatic hydroxyl groups excluding tert-OH is 1. The predicted octanol–water partition coefficient (Wildman–Crippen LogP) is 1.27. The first-order valence-electron chi connectivity index (χ1n) is 5.49. The second-order valence-electron chi connectivity index (χ2n) is 4.43. The number of hydrogen-bond donors (Lipinski definition) is 2. The van der Waals surface area contributed by atoms with Crippen molar-refractivity contribution in [1.82, 2.24) is 4.72 Å². The van der Waals surface area contributed by atoms with Crippen molar-refractivity contribution in [3.05, 3.63) is 28.8 Å². The average molecular weight is 257 g/mol. The molecule has 1 rings (SSSR count). The fourth-order valence-electron chi connectivity index (χ4n) is 1.95. The van der Waals surface area contributed by atoms with Crippen LogP contribution in [0.3, 0.4) is 0 Å². The van der Waals surface area contributed by atoms with Crippen LogP contribution in [0.4, 0.5) is 0 Å². The van der Waals surface area contributed by atoms with Crippen LogP contribution in [0.15, 0.2) is 17.0 Å². The highest BCUT2D eigenvalue weighted by atomic mass is 32.2. The van der Waals surface area contributed by atoms with Gasteiger partial charge in [0.25, 0.3) is 0 Å². The van der Waals surface area contributed by atoms with E-state index < -0.39 is 16.1 Å². The van der Waals surface area contributed by atoms with E-state index in [0.29, 0.717) is 4.90 Å². The standard InChI is InChI=1S/C12H19NO3S/c1-8-5-9(2)12(10(3)6-8)17(15,16)13-11(4)7-14/h5-6,11,13-14H,7H2,1-4H3/t11-/m0/s1. The van der Waals surface area contributed by atoms with E-state index in [9.17, 15) is 8.42 Å². The highest BCUT2D eigenvalue weighted by Gasteiger charge is 2.21. The number of rotatable bonds is 4. The summed E-state index contributed by atoms with van der Waals surface area (Å²) in [6.45, 7) is 6.89. The summed E-state index contributed by atoms with van der Waals surface area (Å²) in [5.74, 6) is 0. The lowest BCUT2D eigenvalue weighted by molar-refractivity contribution is 0.265. The van der Waals surface area contributed by atoms with E-state index in [1.54, 1.807) is 20.8 Å². The molecular formula is C12H19NO3S. The van der Waals surface area contributed by atoms with Gasteiger partial charge in [0.05, 0.1) is 11.5 Å². The van der Waals surface area contributed by atoms with Crippen LogP contribution in [0.2, 0.25) is 0 Å². The van der Waals surface area contributed by atoms with Gasteiger partial charge in [0, 0.05) is 6.04 Å². The second-order valence-corrected chi connectivity index (χ2v) is 6.08. The van der Waals surface area contributed by atoms with Gasteiger partial charge in [0.15, 0.2) is 0 Å². The average Bonchev–Trinajstić information content (AvgIpc) is 2.14. The van der Waals surface area contributed by atoms with Gasteiger partial charge in [0.1, 0.15) is 0 Å². The minimum atomic E-state index is -3.56. The molecule has 17 heavy (non-hydrogen) atoms. The SMILES string of the molecule is Cc1cc(C)c(S(=O)(=O)N[C@@H](C)CO)c(C)c1. The van der Waals surface area contributed by atoms with Crippen molar-refractivity contribution in [1.29, 1.82) is 0 Å². The van der Waals surface area contributed by atoms with Gasteiger partial charge in [-0.3, -0.25) is 0 Å². The van der Waals surface area contributed by atoms with E-state index in [0.717, 1.165) is 16.7 Å². The Morgan fingerprint density at radius 3 is 2.12 bits per heavy atom. The van der Waals surface area contributed by atoms with Crippen LogP contribution in [0.1, 0.15) is 23.6 Å². The Labute approximate surface area is 103 Å². The van der Waals surface area contributed by atoms with E-state index in [1.807, 2.05) is 19.1 Å². The second kappa shape index (κ2) is 5.16. The van der Waals surface area contributed by atoms with Crippen molar-refractivity contribution >= 4 is 10.0 Å². The molecule has 0 amide bonds. The predicted molar refractivity (Wildman–Crippen MR) is 67.5 cm³/mol. The molecule has 0 aromatic heterocycles. The van der Waals surface area contributed by atoms with Crippen LogP contribution in [0.25, 0.3) is 0 Å². The van der Waals surface area contributed by atoms with Crippen molar-refractivity contribution < 1.29 is 13.5 Å². The quantitative estimate of drug-likeness (QED) is 0.853. The number of aryl methyl sites for hydroxylation is 3. The lowest BCUT2D eigenvalue weighted by atomic mass is 10.1. The third-order valence-electron chi connectivity index (χ3n) is 2.50. The molecule has 0 aliphatic rings. The first-order chi connectivity index (χ1) is 7.77. The zero-order valence-corrected chi connectivity index (χ0v) is 11.4. The summed E-state index contributed by atoms with van der Waals surface area (Å²) in [4.78, 5) is 0.309. The third kappa shape index (κ3) is 3.28. The van der Waals surface area contributed by atoms with Crippen LogP contribution in [0, 0.1) is 20.8 Å². The van der Waals surface area contributed by atoms with Crippen LogP contribution < -0.4 is 4.72 Å². The van der Waals surface area contributed by atoms with E-state index in [1.165, 1.54) is 0 Å². The summed E-state index contributed by atoms with van der Waals surface area (Å²) in [7, 11) is -3.56. The molecule has 0 spiro atoms. The Morgan fingerprint density at radius 1 is 1.24 bits per heavy atom. The molecule has 0 aliphatic carbocycles. The molecule has 0 unspecified atom stereocenters. The van der Waals surface area contributed by atoms with Gasteiger partial charge in [-0.25, -0.2) is 13.1 Å².